The predicted molar refractivity (Wildman–Crippen MR) is 98.6 cm³/mol. The van der Waals surface area contributed by atoms with Crippen LogP contribution in [0.15, 0.2) is 89.1 Å². The molecular formula is C20H14N2O2Se. The Morgan fingerprint density at radius 3 is 2.04 bits per heavy atom. The standard InChI is InChI=1S/C20H14N2O2Se/c23-14-16-6-4-5-9-19(16)25-20(24)15-10-12-18(13-11-15)22-21-17-7-2-1-3-8-17/h1-14H. The van der Waals surface area contributed by atoms with Crippen LogP contribution in [0, 0.1) is 0 Å². The van der Waals surface area contributed by atoms with E-state index in [9.17, 15) is 9.59 Å². The summed E-state index contributed by atoms with van der Waals surface area (Å²) in [6.45, 7) is 0. The van der Waals surface area contributed by atoms with Crippen LogP contribution in [0.4, 0.5) is 11.4 Å². The molecule has 0 radical (unpaired) electrons. The first-order valence-corrected chi connectivity index (χ1v) is 9.31. The Kier molecular flexibility index (Phi) is 5.62. The van der Waals surface area contributed by atoms with Crippen LogP contribution in [0.2, 0.25) is 0 Å². The van der Waals surface area contributed by atoms with E-state index in [1.54, 1.807) is 36.4 Å². The summed E-state index contributed by atoms with van der Waals surface area (Å²) in [5.74, 6) is 0. The second-order valence-electron chi connectivity index (χ2n) is 5.13. The van der Waals surface area contributed by atoms with Crippen LogP contribution in [-0.2, 0) is 0 Å². The Hall–Kier alpha value is -2.88. The van der Waals surface area contributed by atoms with Gasteiger partial charge in [-0.15, -0.1) is 0 Å². The molecule has 0 bridgehead atoms. The number of carbonyl (C=O) groups excluding carboxylic acids is 2. The fourth-order valence-corrected chi connectivity index (χ4v) is 3.85. The molecule has 0 aliphatic rings. The molecule has 0 fully saturated rings. The number of hydrogen-bond acceptors (Lipinski definition) is 4. The molecule has 0 atom stereocenters. The van der Waals surface area contributed by atoms with Crippen LogP contribution in [0.1, 0.15) is 20.7 Å². The molecule has 0 saturated heterocycles. The van der Waals surface area contributed by atoms with Gasteiger partial charge in [-0.2, -0.15) is 0 Å². The summed E-state index contributed by atoms with van der Waals surface area (Å²) < 4.78 is 0.816. The van der Waals surface area contributed by atoms with Gasteiger partial charge in [-0.3, -0.25) is 0 Å². The predicted octanol–water partition coefficient (Wildman–Crippen LogP) is 4.08. The molecule has 5 heteroatoms. The van der Waals surface area contributed by atoms with E-state index >= 15 is 0 Å². The van der Waals surface area contributed by atoms with Gasteiger partial charge in [0.05, 0.1) is 0 Å². The van der Waals surface area contributed by atoms with E-state index in [2.05, 4.69) is 10.2 Å². The molecule has 0 aliphatic heterocycles. The molecule has 0 aromatic heterocycles. The summed E-state index contributed by atoms with van der Waals surface area (Å²) in [5.41, 5.74) is 2.64. The molecule has 4 nitrogen and oxygen atoms in total. The summed E-state index contributed by atoms with van der Waals surface area (Å²) in [5, 5.41) is 8.31. The van der Waals surface area contributed by atoms with Crippen molar-refractivity contribution in [2.45, 2.75) is 0 Å². The van der Waals surface area contributed by atoms with Crippen molar-refractivity contribution in [3.8, 4) is 0 Å². The zero-order valence-electron chi connectivity index (χ0n) is 13.2. The Balaban J connectivity index is 1.70. The van der Waals surface area contributed by atoms with Gasteiger partial charge in [0.15, 0.2) is 0 Å². The van der Waals surface area contributed by atoms with Gasteiger partial charge in [-0.1, -0.05) is 0 Å². The topological polar surface area (TPSA) is 58.9 Å². The Labute approximate surface area is 151 Å². The number of nitrogens with zero attached hydrogens (tertiary/aromatic N) is 2. The van der Waals surface area contributed by atoms with Crippen LogP contribution in [0.5, 0.6) is 0 Å². The van der Waals surface area contributed by atoms with E-state index in [0.29, 0.717) is 16.8 Å². The first kappa shape index (κ1) is 17.0. The molecule has 0 unspecified atom stereocenters. The monoisotopic (exact) mass is 394 g/mol. The van der Waals surface area contributed by atoms with Crippen molar-refractivity contribution >= 4 is 41.8 Å². The van der Waals surface area contributed by atoms with Crippen molar-refractivity contribution in [1.29, 1.82) is 0 Å². The van der Waals surface area contributed by atoms with Crippen molar-refractivity contribution in [3.63, 3.8) is 0 Å². The Bertz CT molecular complexity index is 906. The normalized spacial score (nSPS) is 10.7. The third-order valence-electron chi connectivity index (χ3n) is 3.39. The van der Waals surface area contributed by atoms with Gasteiger partial charge >= 0.3 is 152 Å². The van der Waals surface area contributed by atoms with Crippen LogP contribution in [0.3, 0.4) is 0 Å². The summed E-state index contributed by atoms with van der Waals surface area (Å²) in [7, 11) is 0. The zero-order valence-corrected chi connectivity index (χ0v) is 14.9. The summed E-state index contributed by atoms with van der Waals surface area (Å²) in [6, 6.07) is 23.7. The number of rotatable bonds is 6. The fraction of sp³-hybridized carbons (Fsp3) is 0. The molecular weight excluding hydrogens is 379 g/mol. The van der Waals surface area contributed by atoms with Crippen LogP contribution in [0.25, 0.3) is 0 Å². The molecule has 3 aromatic carbocycles. The minimum atomic E-state index is -0.440. The number of azo groups is 1. The molecule has 25 heavy (non-hydrogen) atoms. The van der Waals surface area contributed by atoms with Crippen molar-refractivity contribution < 1.29 is 9.59 Å². The zero-order chi connectivity index (χ0) is 17.5. The van der Waals surface area contributed by atoms with E-state index < -0.39 is 15.0 Å². The maximum atomic E-state index is 12.4. The number of hydrogen-bond donors (Lipinski definition) is 0. The Morgan fingerprint density at radius 2 is 1.36 bits per heavy atom. The van der Waals surface area contributed by atoms with Gasteiger partial charge in [-0.25, -0.2) is 0 Å². The van der Waals surface area contributed by atoms with Crippen LogP contribution in [-0.4, -0.2) is 25.9 Å². The number of carbonyl (C=O) groups is 2. The molecule has 3 aromatic rings. The van der Waals surface area contributed by atoms with Crippen molar-refractivity contribution in [2.24, 2.45) is 10.2 Å². The van der Waals surface area contributed by atoms with Crippen molar-refractivity contribution in [1.82, 2.24) is 0 Å². The molecule has 0 saturated carbocycles. The SMILES string of the molecule is O=Cc1ccccc1[Se]C(=O)c1ccc(N=Nc2ccccc2)cc1. The number of aldehydes is 1. The van der Waals surface area contributed by atoms with Gasteiger partial charge in [0.2, 0.25) is 0 Å². The van der Waals surface area contributed by atoms with Gasteiger partial charge in [0.1, 0.15) is 0 Å². The van der Waals surface area contributed by atoms with E-state index in [1.807, 2.05) is 42.5 Å². The molecule has 0 heterocycles. The van der Waals surface area contributed by atoms with Gasteiger partial charge in [-0.05, 0) is 0 Å². The number of benzene rings is 3. The third kappa shape index (κ3) is 4.57. The first-order valence-electron chi connectivity index (χ1n) is 7.59. The van der Waals surface area contributed by atoms with E-state index in [-0.39, 0.29) is 4.68 Å². The van der Waals surface area contributed by atoms with Crippen LogP contribution >= 0.6 is 0 Å². The second kappa shape index (κ2) is 8.29. The van der Waals surface area contributed by atoms with Crippen molar-refractivity contribution in [3.05, 3.63) is 90.0 Å². The summed E-state index contributed by atoms with van der Waals surface area (Å²) >= 11 is -0.440. The van der Waals surface area contributed by atoms with E-state index in [4.69, 9.17) is 0 Å². The molecule has 0 aliphatic carbocycles. The minimum absolute atomic E-state index is 0.0216. The summed E-state index contributed by atoms with van der Waals surface area (Å²) in [6.07, 6.45) is 0.789. The molecule has 3 rings (SSSR count). The average molecular weight is 393 g/mol. The quantitative estimate of drug-likeness (QED) is 0.360. The van der Waals surface area contributed by atoms with E-state index in [1.165, 1.54) is 0 Å². The van der Waals surface area contributed by atoms with Gasteiger partial charge in [0.25, 0.3) is 0 Å². The van der Waals surface area contributed by atoms with E-state index in [0.717, 1.165) is 16.4 Å². The molecule has 0 amide bonds. The second-order valence-corrected chi connectivity index (χ2v) is 7.26. The Morgan fingerprint density at radius 1 is 0.760 bits per heavy atom. The fourth-order valence-electron chi connectivity index (χ4n) is 2.10. The van der Waals surface area contributed by atoms with Gasteiger partial charge in [0, 0.05) is 0 Å². The third-order valence-corrected chi connectivity index (χ3v) is 5.51. The van der Waals surface area contributed by atoms with Crippen LogP contribution < -0.4 is 4.46 Å². The maximum absolute atomic E-state index is 12.4. The van der Waals surface area contributed by atoms with Crippen molar-refractivity contribution in [2.75, 3.05) is 0 Å². The molecule has 0 spiro atoms. The molecule has 122 valence electrons. The molecule has 0 N–H and O–H groups in total. The summed E-state index contributed by atoms with van der Waals surface area (Å²) in [4.78, 5) is 23.5. The first-order chi connectivity index (χ1) is 12.3. The van der Waals surface area contributed by atoms with Gasteiger partial charge < -0.3 is 0 Å². The average Bonchev–Trinajstić information content (AvgIpc) is 2.68.